The standard InChI is InChI=1S/C14H24N4O2/c1-3-7-20-11-5-4-6-18(9-11)14-8-12(15)16-13(17-14)10-19-2/h8,11H,3-7,9-10H2,1-2H3,(H2,15,16,17). The fourth-order valence-electron chi connectivity index (χ4n) is 2.43. The van der Waals surface area contributed by atoms with E-state index in [0.717, 1.165) is 44.8 Å². The first-order valence-electron chi connectivity index (χ1n) is 7.21. The van der Waals surface area contributed by atoms with Gasteiger partial charge in [-0.25, -0.2) is 9.97 Å². The van der Waals surface area contributed by atoms with E-state index < -0.39 is 0 Å². The summed E-state index contributed by atoms with van der Waals surface area (Å²) in [6.45, 7) is 5.17. The van der Waals surface area contributed by atoms with Gasteiger partial charge in [0.1, 0.15) is 18.2 Å². The molecule has 2 N–H and O–H groups in total. The van der Waals surface area contributed by atoms with Gasteiger partial charge < -0.3 is 20.1 Å². The molecule has 1 aromatic heterocycles. The summed E-state index contributed by atoms with van der Waals surface area (Å²) >= 11 is 0. The molecule has 0 radical (unpaired) electrons. The lowest BCUT2D eigenvalue weighted by Crippen LogP contribution is -2.40. The Balaban J connectivity index is 2.05. The van der Waals surface area contributed by atoms with Crippen molar-refractivity contribution in [2.45, 2.75) is 38.9 Å². The quantitative estimate of drug-likeness (QED) is 0.853. The van der Waals surface area contributed by atoms with Crippen molar-refractivity contribution < 1.29 is 9.47 Å². The molecular weight excluding hydrogens is 256 g/mol. The summed E-state index contributed by atoms with van der Waals surface area (Å²) in [6, 6.07) is 1.82. The van der Waals surface area contributed by atoms with Crippen molar-refractivity contribution >= 4 is 11.6 Å². The molecule has 0 aliphatic carbocycles. The van der Waals surface area contributed by atoms with Gasteiger partial charge in [0, 0.05) is 32.9 Å². The van der Waals surface area contributed by atoms with E-state index in [9.17, 15) is 0 Å². The second kappa shape index (κ2) is 7.40. The van der Waals surface area contributed by atoms with Crippen LogP contribution in [0.2, 0.25) is 0 Å². The summed E-state index contributed by atoms with van der Waals surface area (Å²) in [7, 11) is 1.63. The van der Waals surface area contributed by atoms with Crippen LogP contribution in [-0.2, 0) is 16.1 Å². The molecule has 1 aliphatic heterocycles. The smallest absolute Gasteiger partial charge is 0.158 e. The van der Waals surface area contributed by atoms with Gasteiger partial charge >= 0.3 is 0 Å². The molecule has 20 heavy (non-hydrogen) atoms. The maximum atomic E-state index is 5.85. The monoisotopic (exact) mass is 280 g/mol. The molecule has 1 aromatic rings. The Morgan fingerprint density at radius 3 is 3.05 bits per heavy atom. The number of methoxy groups -OCH3 is 1. The number of piperidine rings is 1. The van der Waals surface area contributed by atoms with Gasteiger partial charge in [-0.3, -0.25) is 0 Å². The lowest BCUT2D eigenvalue weighted by atomic mass is 10.1. The Morgan fingerprint density at radius 1 is 1.45 bits per heavy atom. The van der Waals surface area contributed by atoms with Crippen molar-refractivity contribution in [2.24, 2.45) is 0 Å². The van der Waals surface area contributed by atoms with Crippen LogP contribution in [0.5, 0.6) is 0 Å². The Hall–Kier alpha value is -1.40. The van der Waals surface area contributed by atoms with Gasteiger partial charge in [0.15, 0.2) is 5.82 Å². The highest BCUT2D eigenvalue weighted by atomic mass is 16.5. The number of nitrogens with zero attached hydrogens (tertiary/aromatic N) is 3. The molecule has 1 aliphatic rings. The van der Waals surface area contributed by atoms with Crippen LogP contribution in [0.25, 0.3) is 0 Å². The van der Waals surface area contributed by atoms with Gasteiger partial charge in [0.05, 0.1) is 6.10 Å². The number of aromatic nitrogens is 2. The van der Waals surface area contributed by atoms with E-state index in [1.807, 2.05) is 6.07 Å². The van der Waals surface area contributed by atoms with E-state index in [4.69, 9.17) is 15.2 Å². The molecular formula is C14H24N4O2. The molecule has 0 aromatic carbocycles. The Kier molecular flexibility index (Phi) is 5.55. The first kappa shape index (κ1) is 15.0. The van der Waals surface area contributed by atoms with Gasteiger partial charge in [0.2, 0.25) is 0 Å². The van der Waals surface area contributed by atoms with Crippen LogP contribution in [0.15, 0.2) is 6.07 Å². The zero-order valence-corrected chi connectivity index (χ0v) is 12.3. The van der Waals surface area contributed by atoms with Crippen molar-refractivity contribution in [3.8, 4) is 0 Å². The largest absolute Gasteiger partial charge is 0.384 e. The molecule has 1 fully saturated rings. The van der Waals surface area contributed by atoms with Gasteiger partial charge in [-0.05, 0) is 19.3 Å². The highest BCUT2D eigenvalue weighted by Gasteiger charge is 2.22. The zero-order valence-electron chi connectivity index (χ0n) is 12.3. The van der Waals surface area contributed by atoms with Gasteiger partial charge in [0.25, 0.3) is 0 Å². The van der Waals surface area contributed by atoms with E-state index in [0.29, 0.717) is 18.2 Å². The number of rotatable bonds is 6. The Morgan fingerprint density at radius 2 is 2.30 bits per heavy atom. The molecule has 1 atom stereocenters. The zero-order chi connectivity index (χ0) is 14.4. The van der Waals surface area contributed by atoms with Gasteiger partial charge in [-0.1, -0.05) is 6.92 Å². The normalized spacial score (nSPS) is 19.3. The van der Waals surface area contributed by atoms with Crippen molar-refractivity contribution in [3.05, 3.63) is 11.9 Å². The van der Waals surface area contributed by atoms with Crippen LogP contribution < -0.4 is 10.6 Å². The van der Waals surface area contributed by atoms with E-state index in [1.54, 1.807) is 7.11 Å². The summed E-state index contributed by atoms with van der Waals surface area (Å²) in [5.41, 5.74) is 5.85. The van der Waals surface area contributed by atoms with E-state index in [-0.39, 0.29) is 6.10 Å². The number of nitrogens with two attached hydrogens (primary N) is 1. The minimum atomic E-state index is 0.283. The fraction of sp³-hybridized carbons (Fsp3) is 0.714. The maximum absolute atomic E-state index is 5.85. The third-order valence-electron chi connectivity index (χ3n) is 3.31. The first-order chi connectivity index (χ1) is 9.72. The molecule has 0 spiro atoms. The fourth-order valence-corrected chi connectivity index (χ4v) is 2.43. The van der Waals surface area contributed by atoms with Crippen LogP contribution in [0, 0.1) is 0 Å². The number of anilines is 2. The Bertz CT molecular complexity index is 428. The highest BCUT2D eigenvalue weighted by Crippen LogP contribution is 2.21. The maximum Gasteiger partial charge on any atom is 0.158 e. The van der Waals surface area contributed by atoms with Crippen molar-refractivity contribution in [2.75, 3.05) is 37.4 Å². The minimum absolute atomic E-state index is 0.283. The van der Waals surface area contributed by atoms with Gasteiger partial charge in [-0.15, -0.1) is 0 Å². The molecule has 0 amide bonds. The molecule has 0 bridgehead atoms. The van der Waals surface area contributed by atoms with Crippen LogP contribution >= 0.6 is 0 Å². The van der Waals surface area contributed by atoms with Crippen LogP contribution in [-0.4, -0.2) is 42.9 Å². The molecule has 1 saturated heterocycles. The number of hydrogen-bond acceptors (Lipinski definition) is 6. The number of hydrogen-bond donors (Lipinski definition) is 1. The molecule has 6 heteroatoms. The number of nitrogen functional groups attached to an aromatic ring is 1. The average molecular weight is 280 g/mol. The second-order valence-corrected chi connectivity index (χ2v) is 5.08. The Labute approximate surface area is 120 Å². The molecule has 6 nitrogen and oxygen atoms in total. The molecule has 1 unspecified atom stereocenters. The van der Waals surface area contributed by atoms with Crippen LogP contribution in [0.3, 0.4) is 0 Å². The second-order valence-electron chi connectivity index (χ2n) is 5.08. The summed E-state index contributed by atoms with van der Waals surface area (Å²) in [6.07, 6.45) is 3.56. The summed E-state index contributed by atoms with van der Waals surface area (Å²) in [4.78, 5) is 10.9. The molecule has 0 saturated carbocycles. The van der Waals surface area contributed by atoms with E-state index >= 15 is 0 Å². The molecule has 2 rings (SSSR count). The highest BCUT2D eigenvalue weighted by molar-refractivity contribution is 5.47. The average Bonchev–Trinajstić information content (AvgIpc) is 2.45. The van der Waals surface area contributed by atoms with Crippen LogP contribution in [0.1, 0.15) is 32.0 Å². The van der Waals surface area contributed by atoms with Crippen molar-refractivity contribution in [1.29, 1.82) is 0 Å². The SMILES string of the molecule is CCCOC1CCCN(c2cc(N)nc(COC)n2)C1. The topological polar surface area (TPSA) is 73.5 Å². The molecule has 112 valence electrons. The van der Waals surface area contributed by atoms with Crippen molar-refractivity contribution in [3.63, 3.8) is 0 Å². The number of ether oxygens (including phenoxy) is 2. The molecule has 2 heterocycles. The summed E-state index contributed by atoms with van der Waals surface area (Å²) in [5.74, 6) is 1.98. The van der Waals surface area contributed by atoms with Crippen molar-refractivity contribution in [1.82, 2.24) is 9.97 Å². The van der Waals surface area contributed by atoms with E-state index in [1.165, 1.54) is 0 Å². The van der Waals surface area contributed by atoms with E-state index in [2.05, 4.69) is 21.8 Å². The summed E-state index contributed by atoms with van der Waals surface area (Å²) in [5, 5.41) is 0. The minimum Gasteiger partial charge on any atom is -0.384 e. The van der Waals surface area contributed by atoms with Gasteiger partial charge in [-0.2, -0.15) is 0 Å². The predicted molar refractivity (Wildman–Crippen MR) is 78.6 cm³/mol. The third kappa shape index (κ3) is 4.05. The third-order valence-corrected chi connectivity index (χ3v) is 3.31. The first-order valence-corrected chi connectivity index (χ1v) is 7.21. The lowest BCUT2D eigenvalue weighted by molar-refractivity contribution is 0.0439. The van der Waals surface area contributed by atoms with Crippen LogP contribution in [0.4, 0.5) is 11.6 Å². The predicted octanol–water partition coefficient (Wildman–Crippen LogP) is 1.60. The lowest BCUT2D eigenvalue weighted by Gasteiger charge is -2.33. The summed E-state index contributed by atoms with van der Waals surface area (Å²) < 4.78 is 10.9.